The largest absolute Gasteiger partial charge is 0.481 e. The zero-order chi connectivity index (χ0) is 15.2. The van der Waals surface area contributed by atoms with E-state index in [0.717, 1.165) is 22.8 Å². The molecule has 0 atom stereocenters. The molecule has 1 aromatic heterocycles. The van der Waals surface area contributed by atoms with Gasteiger partial charge in [0.2, 0.25) is 5.91 Å². The van der Waals surface area contributed by atoms with Gasteiger partial charge in [0.25, 0.3) is 0 Å². The van der Waals surface area contributed by atoms with Crippen LogP contribution in [0.15, 0.2) is 29.4 Å². The molecule has 3 N–H and O–H groups in total. The summed E-state index contributed by atoms with van der Waals surface area (Å²) >= 11 is 1.15. The molecule has 2 aromatic rings. The highest BCUT2D eigenvalue weighted by Gasteiger charge is 2.12. The molecule has 0 unspecified atom stereocenters. The Morgan fingerprint density at radius 3 is 2.86 bits per heavy atom. The molecule has 0 aliphatic carbocycles. The fourth-order valence-electron chi connectivity index (χ4n) is 1.83. The van der Waals surface area contributed by atoms with E-state index in [1.54, 1.807) is 0 Å². The van der Waals surface area contributed by atoms with E-state index in [2.05, 4.69) is 4.98 Å². The van der Waals surface area contributed by atoms with Gasteiger partial charge in [-0.05, 0) is 12.1 Å². The number of carboxylic acids is 1. The standard InChI is InChI=1S/C13H15N3O4S/c14-11(17)7-20-6-5-16-10-4-2-1-3-9(10)15-13(16)21-8-12(18)19/h1-4H,5-8H2,(H2,14,17)(H,18,19). The van der Waals surface area contributed by atoms with Gasteiger partial charge >= 0.3 is 5.97 Å². The first kappa shape index (κ1) is 15.3. The summed E-state index contributed by atoms with van der Waals surface area (Å²) in [6.45, 7) is 0.629. The lowest BCUT2D eigenvalue weighted by molar-refractivity contribution is -0.134. The topological polar surface area (TPSA) is 107 Å². The van der Waals surface area contributed by atoms with E-state index < -0.39 is 11.9 Å². The van der Waals surface area contributed by atoms with Crippen molar-refractivity contribution in [3.8, 4) is 0 Å². The summed E-state index contributed by atoms with van der Waals surface area (Å²) in [6.07, 6.45) is 0. The van der Waals surface area contributed by atoms with Crippen LogP contribution in [0, 0.1) is 0 Å². The Kier molecular flexibility index (Phi) is 5.18. The third-order valence-electron chi connectivity index (χ3n) is 2.65. The number of carbonyl (C=O) groups is 2. The molecule has 1 aromatic carbocycles. The van der Waals surface area contributed by atoms with Crippen LogP contribution in [0.2, 0.25) is 0 Å². The fourth-order valence-corrected chi connectivity index (χ4v) is 2.60. The van der Waals surface area contributed by atoms with Crippen molar-refractivity contribution in [2.45, 2.75) is 11.7 Å². The number of para-hydroxylation sites is 2. The maximum atomic E-state index is 10.7. The average molecular weight is 309 g/mol. The van der Waals surface area contributed by atoms with E-state index in [0.29, 0.717) is 18.3 Å². The predicted octanol–water partition coefficient (Wildman–Crippen LogP) is 0.715. The van der Waals surface area contributed by atoms with Crippen molar-refractivity contribution < 1.29 is 19.4 Å². The van der Waals surface area contributed by atoms with Crippen LogP contribution in [0.3, 0.4) is 0 Å². The number of rotatable bonds is 8. The van der Waals surface area contributed by atoms with Crippen LogP contribution in [-0.4, -0.2) is 45.5 Å². The van der Waals surface area contributed by atoms with Gasteiger partial charge in [-0.3, -0.25) is 9.59 Å². The van der Waals surface area contributed by atoms with Gasteiger partial charge in [-0.2, -0.15) is 0 Å². The molecule has 2 rings (SSSR count). The number of aromatic nitrogens is 2. The Bertz CT molecular complexity index is 656. The molecule has 8 heteroatoms. The minimum atomic E-state index is -0.899. The Labute approximate surface area is 125 Å². The van der Waals surface area contributed by atoms with Crippen LogP contribution in [-0.2, 0) is 20.9 Å². The molecule has 0 radical (unpaired) electrons. The first-order valence-corrected chi connectivity index (χ1v) is 7.22. The van der Waals surface area contributed by atoms with Crippen molar-refractivity contribution in [2.24, 2.45) is 5.73 Å². The van der Waals surface area contributed by atoms with E-state index in [4.69, 9.17) is 15.6 Å². The number of aliphatic carboxylic acids is 1. The first-order chi connectivity index (χ1) is 10.1. The number of hydrogen-bond acceptors (Lipinski definition) is 5. The van der Waals surface area contributed by atoms with Crippen molar-refractivity contribution in [1.82, 2.24) is 9.55 Å². The molecule has 21 heavy (non-hydrogen) atoms. The molecular formula is C13H15N3O4S. The van der Waals surface area contributed by atoms with E-state index in [-0.39, 0.29) is 12.4 Å². The number of carbonyl (C=O) groups excluding carboxylic acids is 1. The zero-order valence-corrected chi connectivity index (χ0v) is 12.0. The second-order valence-electron chi connectivity index (χ2n) is 4.24. The molecule has 0 saturated carbocycles. The summed E-state index contributed by atoms with van der Waals surface area (Å²) in [5, 5.41) is 9.39. The second kappa shape index (κ2) is 7.09. The number of benzene rings is 1. The van der Waals surface area contributed by atoms with E-state index in [9.17, 15) is 9.59 Å². The van der Waals surface area contributed by atoms with Gasteiger partial charge in [-0.15, -0.1) is 0 Å². The van der Waals surface area contributed by atoms with E-state index in [1.807, 2.05) is 28.8 Å². The molecule has 0 aliphatic rings. The number of ether oxygens (including phenoxy) is 1. The fraction of sp³-hybridized carbons (Fsp3) is 0.308. The SMILES string of the molecule is NC(=O)COCCn1c(SCC(=O)O)nc2ccccc21. The summed E-state index contributed by atoms with van der Waals surface area (Å²) in [4.78, 5) is 25.7. The maximum absolute atomic E-state index is 10.7. The number of amides is 1. The number of primary amides is 1. The molecule has 1 heterocycles. The van der Waals surface area contributed by atoms with Crippen molar-refractivity contribution in [1.29, 1.82) is 0 Å². The molecular weight excluding hydrogens is 294 g/mol. The second-order valence-corrected chi connectivity index (χ2v) is 5.18. The highest BCUT2D eigenvalue weighted by Crippen LogP contribution is 2.23. The molecule has 0 saturated heterocycles. The molecule has 1 amide bonds. The smallest absolute Gasteiger partial charge is 0.313 e. The van der Waals surface area contributed by atoms with E-state index in [1.165, 1.54) is 0 Å². The summed E-state index contributed by atoms with van der Waals surface area (Å²) in [5.41, 5.74) is 6.69. The third-order valence-corrected chi connectivity index (χ3v) is 3.61. The number of fused-ring (bicyclic) bond motifs is 1. The minimum absolute atomic E-state index is 0.0640. The number of nitrogens with zero attached hydrogens (tertiary/aromatic N) is 2. The van der Waals surface area contributed by atoms with Gasteiger partial charge in [0.15, 0.2) is 5.16 Å². The van der Waals surface area contributed by atoms with E-state index >= 15 is 0 Å². The lowest BCUT2D eigenvalue weighted by Crippen LogP contribution is -2.19. The zero-order valence-electron chi connectivity index (χ0n) is 11.2. The first-order valence-electron chi connectivity index (χ1n) is 6.24. The highest BCUT2D eigenvalue weighted by atomic mass is 32.2. The van der Waals surface area contributed by atoms with Crippen molar-refractivity contribution in [3.63, 3.8) is 0 Å². The minimum Gasteiger partial charge on any atom is -0.481 e. The van der Waals surface area contributed by atoms with Gasteiger partial charge < -0.3 is 20.1 Å². The summed E-state index contributed by atoms with van der Waals surface area (Å²) < 4.78 is 7.03. The number of nitrogens with two attached hydrogens (primary N) is 1. The van der Waals surface area contributed by atoms with Crippen LogP contribution in [0.25, 0.3) is 11.0 Å². The monoisotopic (exact) mass is 309 g/mol. The summed E-state index contributed by atoms with van der Waals surface area (Å²) in [5.74, 6) is -1.49. The van der Waals surface area contributed by atoms with Gasteiger partial charge in [0.05, 0.1) is 23.4 Å². The molecule has 0 fully saturated rings. The molecule has 112 valence electrons. The Morgan fingerprint density at radius 2 is 2.14 bits per heavy atom. The predicted molar refractivity (Wildman–Crippen MR) is 78.1 cm³/mol. The Balaban J connectivity index is 2.15. The van der Waals surface area contributed by atoms with Crippen molar-refractivity contribution in [3.05, 3.63) is 24.3 Å². The quantitative estimate of drug-likeness (QED) is 0.549. The molecule has 0 aliphatic heterocycles. The van der Waals surface area contributed by atoms with Gasteiger partial charge in [-0.1, -0.05) is 23.9 Å². The Morgan fingerprint density at radius 1 is 1.38 bits per heavy atom. The molecule has 0 bridgehead atoms. The highest BCUT2D eigenvalue weighted by molar-refractivity contribution is 7.99. The van der Waals surface area contributed by atoms with Crippen molar-refractivity contribution >= 4 is 34.7 Å². The van der Waals surface area contributed by atoms with Crippen LogP contribution in [0.1, 0.15) is 0 Å². The maximum Gasteiger partial charge on any atom is 0.313 e. The van der Waals surface area contributed by atoms with Crippen LogP contribution < -0.4 is 5.73 Å². The lowest BCUT2D eigenvalue weighted by Gasteiger charge is -2.08. The number of carboxylic acid groups (broad SMARTS) is 1. The summed E-state index contributed by atoms with van der Waals surface area (Å²) in [7, 11) is 0. The number of imidazole rings is 1. The third kappa shape index (κ3) is 4.20. The average Bonchev–Trinajstić information content (AvgIpc) is 2.79. The normalized spacial score (nSPS) is 10.9. The number of hydrogen-bond donors (Lipinski definition) is 2. The molecule has 0 spiro atoms. The van der Waals surface area contributed by atoms with Crippen molar-refractivity contribution in [2.75, 3.05) is 19.0 Å². The van der Waals surface area contributed by atoms with Crippen LogP contribution >= 0.6 is 11.8 Å². The summed E-state index contributed by atoms with van der Waals surface area (Å²) in [6, 6.07) is 7.52. The van der Waals surface area contributed by atoms with Gasteiger partial charge in [-0.25, -0.2) is 4.98 Å². The van der Waals surface area contributed by atoms with Gasteiger partial charge in [0.1, 0.15) is 6.61 Å². The Hall–Kier alpha value is -2.06. The van der Waals surface area contributed by atoms with Gasteiger partial charge in [0, 0.05) is 6.54 Å². The van der Waals surface area contributed by atoms with Crippen LogP contribution in [0.4, 0.5) is 0 Å². The molecule has 7 nitrogen and oxygen atoms in total. The number of thioether (sulfide) groups is 1. The van der Waals surface area contributed by atoms with Crippen LogP contribution in [0.5, 0.6) is 0 Å². The lowest BCUT2D eigenvalue weighted by atomic mass is 10.3.